The van der Waals surface area contributed by atoms with Gasteiger partial charge in [-0.2, -0.15) is 0 Å². The molecule has 3 aromatic carbocycles. The average molecular weight is 298 g/mol. The monoisotopic (exact) mass is 298 g/mol. The van der Waals surface area contributed by atoms with Crippen molar-refractivity contribution in [2.45, 2.75) is 0 Å². The van der Waals surface area contributed by atoms with E-state index in [4.69, 9.17) is 4.42 Å². The Morgan fingerprint density at radius 1 is 0.783 bits per heavy atom. The van der Waals surface area contributed by atoms with Gasteiger partial charge in [0.2, 0.25) is 11.6 Å². The summed E-state index contributed by atoms with van der Waals surface area (Å²) in [6.07, 6.45) is 3.02. The average Bonchev–Trinajstić information content (AvgIpc) is 2.97. The molecule has 0 aliphatic heterocycles. The second-order valence-corrected chi connectivity index (χ2v) is 5.70. The number of furan rings is 1. The predicted octanol–water partition coefficient (Wildman–Crippen LogP) is 4.52. The van der Waals surface area contributed by atoms with E-state index in [0.29, 0.717) is 11.1 Å². The summed E-state index contributed by atoms with van der Waals surface area (Å²) in [5.74, 6) is -0.955. The van der Waals surface area contributed by atoms with Gasteiger partial charge >= 0.3 is 0 Å². The van der Waals surface area contributed by atoms with Crippen LogP contribution in [0.1, 0.15) is 15.9 Å². The summed E-state index contributed by atoms with van der Waals surface area (Å²) < 4.78 is 6.03. The number of allylic oxidation sites excluding steroid dienone is 1. The molecule has 5 rings (SSSR count). The van der Waals surface area contributed by atoms with Crippen LogP contribution in [0.4, 0.5) is 0 Å². The van der Waals surface area contributed by atoms with Gasteiger partial charge in [-0.15, -0.1) is 0 Å². The van der Waals surface area contributed by atoms with Crippen LogP contribution in [0.2, 0.25) is 0 Å². The standard InChI is InChI=1S/C20H10O3/c21-15-9-6-12-7-10-16-18(17(12)19(15)22)14-8-5-11-3-1-2-4-13(11)20(14)23-16/h1-10H. The molecule has 0 radical (unpaired) electrons. The molecule has 0 saturated carbocycles. The quantitative estimate of drug-likeness (QED) is 0.448. The predicted molar refractivity (Wildman–Crippen MR) is 89.6 cm³/mol. The lowest BCUT2D eigenvalue weighted by Gasteiger charge is -2.09. The summed E-state index contributed by atoms with van der Waals surface area (Å²) in [5.41, 5.74) is 2.59. The first-order chi connectivity index (χ1) is 11.2. The molecular weight excluding hydrogens is 288 g/mol. The van der Waals surface area contributed by atoms with Crippen molar-refractivity contribution in [3.8, 4) is 0 Å². The Balaban J connectivity index is 2.04. The smallest absolute Gasteiger partial charge is 0.234 e. The molecule has 1 aromatic heterocycles. The molecule has 23 heavy (non-hydrogen) atoms. The van der Waals surface area contributed by atoms with Crippen LogP contribution >= 0.6 is 0 Å². The van der Waals surface area contributed by atoms with Crippen LogP contribution in [-0.2, 0) is 4.79 Å². The Morgan fingerprint density at radius 3 is 2.57 bits per heavy atom. The third-order valence-corrected chi connectivity index (χ3v) is 4.43. The van der Waals surface area contributed by atoms with Crippen LogP contribution in [0, 0.1) is 0 Å². The Labute approximate surface area is 130 Å². The summed E-state index contributed by atoms with van der Waals surface area (Å²) in [5, 5.41) is 3.67. The minimum atomic E-state index is -0.486. The summed E-state index contributed by atoms with van der Waals surface area (Å²) in [6, 6.07) is 15.6. The third kappa shape index (κ3) is 1.53. The number of hydrogen-bond donors (Lipinski definition) is 0. The molecule has 1 heterocycles. The number of hydrogen-bond acceptors (Lipinski definition) is 3. The molecule has 1 aliphatic rings. The normalized spacial score (nSPS) is 14.1. The van der Waals surface area contributed by atoms with Crippen molar-refractivity contribution in [3.05, 3.63) is 65.7 Å². The van der Waals surface area contributed by atoms with Crippen molar-refractivity contribution in [3.63, 3.8) is 0 Å². The minimum Gasteiger partial charge on any atom is -0.455 e. The Bertz CT molecular complexity index is 1190. The number of carbonyl (C=O) groups is 2. The van der Waals surface area contributed by atoms with E-state index in [1.54, 1.807) is 6.08 Å². The molecule has 0 saturated heterocycles. The second kappa shape index (κ2) is 4.17. The zero-order valence-corrected chi connectivity index (χ0v) is 12.0. The van der Waals surface area contributed by atoms with Crippen molar-refractivity contribution >= 4 is 50.4 Å². The van der Waals surface area contributed by atoms with E-state index in [0.717, 1.165) is 32.7 Å². The van der Waals surface area contributed by atoms with Crippen LogP contribution in [0.15, 0.2) is 59.0 Å². The number of Topliss-reactive ketones (excluding diaryl/α,β-unsaturated/α-hetero) is 1. The second-order valence-electron chi connectivity index (χ2n) is 5.70. The molecule has 0 atom stereocenters. The summed E-state index contributed by atoms with van der Waals surface area (Å²) in [4.78, 5) is 24.2. The van der Waals surface area contributed by atoms with Crippen molar-refractivity contribution in [2.75, 3.05) is 0 Å². The highest BCUT2D eigenvalue weighted by Gasteiger charge is 2.26. The maximum atomic E-state index is 12.4. The van der Waals surface area contributed by atoms with E-state index in [1.807, 2.05) is 48.5 Å². The molecule has 3 nitrogen and oxygen atoms in total. The lowest BCUT2D eigenvalue weighted by molar-refractivity contribution is -0.110. The van der Waals surface area contributed by atoms with Gasteiger partial charge in [-0.3, -0.25) is 9.59 Å². The van der Waals surface area contributed by atoms with E-state index >= 15 is 0 Å². The molecule has 0 spiro atoms. The summed E-state index contributed by atoms with van der Waals surface area (Å²) in [6.45, 7) is 0. The zero-order valence-electron chi connectivity index (χ0n) is 12.0. The molecule has 108 valence electrons. The maximum absolute atomic E-state index is 12.4. The van der Waals surface area contributed by atoms with Crippen LogP contribution in [0.25, 0.3) is 38.8 Å². The van der Waals surface area contributed by atoms with Gasteiger partial charge in [0, 0.05) is 21.7 Å². The molecule has 1 aliphatic carbocycles. The van der Waals surface area contributed by atoms with Crippen LogP contribution in [0.5, 0.6) is 0 Å². The van der Waals surface area contributed by atoms with Gasteiger partial charge in [0.05, 0.1) is 0 Å². The van der Waals surface area contributed by atoms with Gasteiger partial charge in [-0.1, -0.05) is 42.5 Å². The Kier molecular flexibility index (Phi) is 2.24. The minimum absolute atomic E-state index is 0.448. The molecule has 0 N–H and O–H groups in total. The highest BCUT2D eigenvalue weighted by atomic mass is 16.3. The van der Waals surface area contributed by atoms with E-state index in [9.17, 15) is 9.59 Å². The van der Waals surface area contributed by atoms with E-state index in [1.165, 1.54) is 6.08 Å². The van der Waals surface area contributed by atoms with E-state index < -0.39 is 11.6 Å². The Hall–Kier alpha value is -3.20. The largest absolute Gasteiger partial charge is 0.455 e. The molecule has 0 bridgehead atoms. The highest BCUT2D eigenvalue weighted by Crippen LogP contribution is 2.38. The lowest BCUT2D eigenvalue weighted by Crippen LogP contribution is -2.16. The first kappa shape index (κ1) is 12.4. The molecule has 3 heteroatoms. The van der Waals surface area contributed by atoms with E-state index in [2.05, 4.69) is 0 Å². The van der Waals surface area contributed by atoms with Crippen LogP contribution < -0.4 is 0 Å². The Morgan fingerprint density at radius 2 is 1.65 bits per heavy atom. The summed E-state index contributed by atoms with van der Waals surface area (Å²) in [7, 11) is 0. The van der Waals surface area contributed by atoms with Crippen molar-refractivity contribution in [1.82, 2.24) is 0 Å². The van der Waals surface area contributed by atoms with Gasteiger partial charge < -0.3 is 4.42 Å². The van der Waals surface area contributed by atoms with Crippen molar-refractivity contribution in [1.29, 1.82) is 0 Å². The fourth-order valence-corrected chi connectivity index (χ4v) is 3.36. The lowest BCUT2D eigenvalue weighted by atomic mass is 9.91. The SMILES string of the molecule is O=C1C=Cc2ccc3oc4c5ccccc5ccc4c3c2C1=O. The van der Waals surface area contributed by atoms with Gasteiger partial charge in [0.25, 0.3) is 0 Å². The van der Waals surface area contributed by atoms with Gasteiger partial charge in [-0.25, -0.2) is 0 Å². The zero-order chi connectivity index (χ0) is 15.6. The summed E-state index contributed by atoms with van der Waals surface area (Å²) >= 11 is 0. The number of rotatable bonds is 0. The van der Waals surface area contributed by atoms with Crippen LogP contribution in [0.3, 0.4) is 0 Å². The van der Waals surface area contributed by atoms with Crippen molar-refractivity contribution < 1.29 is 14.0 Å². The molecular formula is C20H10O3. The topological polar surface area (TPSA) is 47.3 Å². The molecule has 0 unspecified atom stereocenters. The van der Waals surface area contributed by atoms with Gasteiger partial charge in [0.1, 0.15) is 11.2 Å². The van der Waals surface area contributed by atoms with E-state index in [-0.39, 0.29) is 0 Å². The fourth-order valence-electron chi connectivity index (χ4n) is 3.36. The van der Waals surface area contributed by atoms with Crippen molar-refractivity contribution in [2.24, 2.45) is 0 Å². The number of carbonyl (C=O) groups excluding carboxylic acids is 2. The molecule has 0 amide bonds. The number of fused-ring (bicyclic) bond motifs is 7. The fraction of sp³-hybridized carbons (Fsp3) is 0. The number of benzene rings is 3. The van der Waals surface area contributed by atoms with Crippen LogP contribution in [-0.4, -0.2) is 11.6 Å². The molecule has 0 fully saturated rings. The highest BCUT2D eigenvalue weighted by molar-refractivity contribution is 6.52. The third-order valence-electron chi connectivity index (χ3n) is 4.43. The van der Waals surface area contributed by atoms with Gasteiger partial charge in [0.15, 0.2) is 0 Å². The van der Waals surface area contributed by atoms with Gasteiger partial charge in [-0.05, 0) is 29.2 Å². The first-order valence-electron chi connectivity index (χ1n) is 7.38. The maximum Gasteiger partial charge on any atom is 0.234 e. The first-order valence-corrected chi connectivity index (χ1v) is 7.38. The number of ketones is 2. The molecule has 4 aromatic rings.